The standard InChI is InChI=1S/C10H17N3S/c11-5-9-3-1-2-4-13(9)7-10-6-12-8-14-10/h6,8-9H,1-5,7,11H2/t9-/m0/s1. The zero-order valence-corrected chi connectivity index (χ0v) is 9.17. The molecule has 2 N–H and O–H groups in total. The van der Waals surface area contributed by atoms with Gasteiger partial charge in [-0.15, -0.1) is 11.3 Å². The van der Waals surface area contributed by atoms with Gasteiger partial charge in [-0.05, 0) is 19.4 Å². The Labute approximate surface area is 88.9 Å². The fourth-order valence-electron chi connectivity index (χ4n) is 2.06. The van der Waals surface area contributed by atoms with Crippen LogP contribution in [-0.2, 0) is 6.54 Å². The smallest absolute Gasteiger partial charge is 0.0794 e. The second-order valence-corrected chi connectivity index (χ2v) is 4.79. The van der Waals surface area contributed by atoms with Crippen molar-refractivity contribution in [3.05, 3.63) is 16.6 Å². The minimum atomic E-state index is 0.589. The summed E-state index contributed by atoms with van der Waals surface area (Å²) < 4.78 is 0. The Bertz CT molecular complexity index is 260. The molecule has 1 aliphatic rings. The number of nitrogens with zero attached hydrogens (tertiary/aromatic N) is 2. The van der Waals surface area contributed by atoms with E-state index in [0.717, 1.165) is 13.1 Å². The highest BCUT2D eigenvalue weighted by Gasteiger charge is 2.21. The molecule has 1 atom stereocenters. The maximum atomic E-state index is 5.77. The Balaban J connectivity index is 1.94. The summed E-state index contributed by atoms with van der Waals surface area (Å²) >= 11 is 1.74. The molecule has 3 nitrogen and oxygen atoms in total. The normalized spacial score (nSPS) is 23.9. The van der Waals surface area contributed by atoms with Gasteiger partial charge in [0.1, 0.15) is 0 Å². The average Bonchev–Trinajstić information content (AvgIpc) is 2.71. The van der Waals surface area contributed by atoms with Crippen LogP contribution in [0.4, 0.5) is 0 Å². The first-order valence-corrected chi connectivity index (χ1v) is 6.09. The van der Waals surface area contributed by atoms with Crippen LogP contribution >= 0.6 is 11.3 Å². The molecule has 2 heterocycles. The van der Waals surface area contributed by atoms with Crippen LogP contribution in [0.25, 0.3) is 0 Å². The van der Waals surface area contributed by atoms with Gasteiger partial charge in [0, 0.05) is 30.2 Å². The summed E-state index contributed by atoms with van der Waals surface area (Å²) in [7, 11) is 0. The molecule has 0 amide bonds. The van der Waals surface area contributed by atoms with Gasteiger partial charge in [0.2, 0.25) is 0 Å². The van der Waals surface area contributed by atoms with Crippen LogP contribution in [0.5, 0.6) is 0 Å². The van der Waals surface area contributed by atoms with Gasteiger partial charge in [-0.25, -0.2) is 0 Å². The van der Waals surface area contributed by atoms with E-state index in [4.69, 9.17) is 5.73 Å². The summed E-state index contributed by atoms with van der Waals surface area (Å²) in [5, 5.41) is 0. The maximum Gasteiger partial charge on any atom is 0.0794 e. The molecular weight excluding hydrogens is 194 g/mol. The quantitative estimate of drug-likeness (QED) is 0.823. The highest BCUT2D eigenvalue weighted by molar-refractivity contribution is 7.09. The lowest BCUT2D eigenvalue weighted by Gasteiger charge is -2.34. The monoisotopic (exact) mass is 211 g/mol. The highest BCUT2D eigenvalue weighted by atomic mass is 32.1. The highest BCUT2D eigenvalue weighted by Crippen LogP contribution is 2.19. The van der Waals surface area contributed by atoms with E-state index in [2.05, 4.69) is 9.88 Å². The van der Waals surface area contributed by atoms with Crippen molar-refractivity contribution in [3.8, 4) is 0 Å². The van der Waals surface area contributed by atoms with Gasteiger partial charge < -0.3 is 5.73 Å². The lowest BCUT2D eigenvalue weighted by molar-refractivity contribution is 0.146. The number of thiazole rings is 1. The first-order valence-electron chi connectivity index (χ1n) is 5.21. The summed E-state index contributed by atoms with van der Waals surface area (Å²) in [5.41, 5.74) is 7.67. The molecule has 0 bridgehead atoms. The van der Waals surface area contributed by atoms with Crippen molar-refractivity contribution in [2.45, 2.75) is 31.8 Å². The average molecular weight is 211 g/mol. The summed E-state index contributed by atoms with van der Waals surface area (Å²) in [6.45, 7) is 3.02. The van der Waals surface area contributed by atoms with Crippen molar-refractivity contribution in [1.82, 2.24) is 9.88 Å². The molecule has 0 unspecified atom stereocenters. The molecule has 1 aliphatic heterocycles. The van der Waals surface area contributed by atoms with Crippen LogP contribution in [0.2, 0.25) is 0 Å². The van der Waals surface area contributed by atoms with E-state index in [1.165, 1.54) is 30.7 Å². The second-order valence-electron chi connectivity index (χ2n) is 3.82. The first-order chi connectivity index (χ1) is 6.90. The SMILES string of the molecule is NC[C@@H]1CCCCN1Cc1cncs1. The van der Waals surface area contributed by atoms with Crippen LogP contribution in [0.3, 0.4) is 0 Å². The van der Waals surface area contributed by atoms with E-state index >= 15 is 0 Å². The van der Waals surface area contributed by atoms with Crippen molar-refractivity contribution in [2.24, 2.45) is 5.73 Å². The van der Waals surface area contributed by atoms with Gasteiger partial charge in [0.05, 0.1) is 5.51 Å². The molecule has 78 valence electrons. The van der Waals surface area contributed by atoms with E-state index in [0.29, 0.717) is 6.04 Å². The lowest BCUT2D eigenvalue weighted by atomic mass is 10.0. The Morgan fingerprint density at radius 2 is 2.50 bits per heavy atom. The Kier molecular flexibility index (Phi) is 3.50. The molecule has 0 radical (unpaired) electrons. The molecule has 1 aromatic heterocycles. The number of aromatic nitrogens is 1. The van der Waals surface area contributed by atoms with Gasteiger partial charge >= 0.3 is 0 Å². The van der Waals surface area contributed by atoms with Crippen LogP contribution in [0.1, 0.15) is 24.1 Å². The molecule has 1 fully saturated rings. The van der Waals surface area contributed by atoms with Gasteiger partial charge in [-0.3, -0.25) is 9.88 Å². The fourth-order valence-corrected chi connectivity index (χ4v) is 2.67. The largest absolute Gasteiger partial charge is 0.329 e. The number of hydrogen-bond donors (Lipinski definition) is 1. The molecular formula is C10H17N3S. The van der Waals surface area contributed by atoms with Gasteiger partial charge in [0.15, 0.2) is 0 Å². The minimum absolute atomic E-state index is 0.589. The fraction of sp³-hybridized carbons (Fsp3) is 0.700. The molecule has 2 rings (SSSR count). The zero-order valence-electron chi connectivity index (χ0n) is 8.35. The molecule has 1 aromatic rings. The molecule has 4 heteroatoms. The molecule has 0 saturated carbocycles. The van der Waals surface area contributed by atoms with Crippen molar-refractivity contribution >= 4 is 11.3 Å². The molecule has 0 spiro atoms. The number of likely N-dealkylation sites (tertiary alicyclic amines) is 1. The second kappa shape index (κ2) is 4.87. The third kappa shape index (κ3) is 2.32. The lowest BCUT2D eigenvalue weighted by Crippen LogP contribution is -2.43. The third-order valence-electron chi connectivity index (χ3n) is 2.86. The van der Waals surface area contributed by atoms with E-state index in [-0.39, 0.29) is 0 Å². The van der Waals surface area contributed by atoms with Crippen molar-refractivity contribution in [3.63, 3.8) is 0 Å². The first kappa shape index (κ1) is 10.1. The van der Waals surface area contributed by atoms with Crippen LogP contribution in [0.15, 0.2) is 11.7 Å². The van der Waals surface area contributed by atoms with Crippen LogP contribution < -0.4 is 5.73 Å². The predicted molar refractivity (Wildman–Crippen MR) is 59.2 cm³/mol. The topological polar surface area (TPSA) is 42.1 Å². The Morgan fingerprint density at radius 3 is 3.21 bits per heavy atom. The van der Waals surface area contributed by atoms with E-state index in [9.17, 15) is 0 Å². The number of rotatable bonds is 3. The van der Waals surface area contributed by atoms with E-state index in [1.54, 1.807) is 11.3 Å². The summed E-state index contributed by atoms with van der Waals surface area (Å²) in [4.78, 5) is 7.95. The molecule has 0 aromatic carbocycles. The van der Waals surface area contributed by atoms with E-state index < -0.39 is 0 Å². The van der Waals surface area contributed by atoms with Crippen molar-refractivity contribution < 1.29 is 0 Å². The van der Waals surface area contributed by atoms with Crippen LogP contribution in [-0.4, -0.2) is 29.0 Å². The zero-order chi connectivity index (χ0) is 9.80. The van der Waals surface area contributed by atoms with Crippen molar-refractivity contribution in [1.29, 1.82) is 0 Å². The number of piperidine rings is 1. The predicted octanol–water partition coefficient (Wildman–Crippen LogP) is 1.46. The van der Waals surface area contributed by atoms with Crippen molar-refractivity contribution in [2.75, 3.05) is 13.1 Å². The summed E-state index contributed by atoms with van der Waals surface area (Å²) in [6, 6.07) is 0.589. The summed E-state index contributed by atoms with van der Waals surface area (Å²) in [6.07, 6.45) is 5.87. The summed E-state index contributed by atoms with van der Waals surface area (Å²) in [5.74, 6) is 0. The van der Waals surface area contributed by atoms with Gasteiger partial charge in [0.25, 0.3) is 0 Å². The Morgan fingerprint density at radius 1 is 1.57 bits per heavy atom. The minimum Gasteiger partial charge on any atom is -0.329 e. The third-order valence-corrected chi connectivity index (χ3v) is 3.63. The van der Waals surface area contributed by atoms with Gasteiger partial charge in [-0.1, -0.05) is 6.42 Å². The number of nitrogens with two attached hydrogens (primary N) is 1. The van der Waals surface area contributed by atoms with E-state index in [1.807, 2.05) is 11.7 Å². The van der Waals surface area contributed by atoms with Crippen LogP contribution in [0, 0.1) is 0 Å². The molecule has 0 aliphatic carbocycles. The van der Waals surface area contributed by atoms with Gasteiger partial charge in [-0.2, -0.15) is 0 Å². The maximum absolute atomic E-state index is 5.77. The molecule has 14 heavy (non-hydrogen) atoms. The number of hydrogen-bond acceptors (Lipinski definition) is 4. The molecule has 1 saturated heterocycles. The Hall–Kier alpha value is -0.450.